The molecule has 0 saturated carbocycles. The molecule has 0 aliphatic heterocycles. The molecule has 198 valence electrons. The summed E-state index contributed by atoms with van der Waals surface area (Å²) in [6.07, 6.45) is 0. The molecule has 0 atom stereocenters. The normalized spacial score (nSPS) is 12.2. The molecule has 0 saturated heterocycles. The van der Waals surface area contributed by atoms with Crippen LogP contribution >= 0.6 is 0 Å². The number of hydrogen-bond donors (Lipinski definition) is 0. The van der Waals surface area contributed by atoms with Gasteiger partial charge in [-0.1, -0.05) is 115 Å². The van der Waals surface area contributed by atoms with E-state index in [1.165, 1.54) is 93.2 Å². The van der Waals surface area contributed by atoms with Crippen LogP contribution in [-0.2, 0) is 0 Å². The molecular weight excluding hydrogens is 518 g/mol. The molecule has 0 N–H and O–H groups in total. The third kappa shape index (κ3) is 3.17. The van der Waals surface area contributed by atoms with Crippen molar-refractivity contribution in [1.82, 2.24) is 4.57 Å². The van der Waals surface area contributed by atoms with E-state index in [4.69, 9.17) is 0 Å². The molecule has 1 aromatic heterocycles. The van der Waals surface area contributed by atoms with Gasteiger partial charge in [-0.15, -0.1) is 0 Å². The summed E-state index contributed by atoms with van der Waals surface area (Å²) in [6, 6.07) is 56.1. The molecule has 0 unspecified atom stereocenters. The molecule has 43 heavy (non-hydrogen) atoms. The van der Waals surface area contributed by atoms with Crippen molar-refractivity contribution in [2.45, 2.75) is 0 Å². The van der Waals surface area contributed by atoms with Gasteiger partial charge in [-0.05, 0) is 102 Å². The second-order valence-electron chi connectivity index (χ2n) is 11.7. The lowest BCUT2D eigenvalue weighted by molar-refractivity contribution is 1.19. The smallest absolute Gasteiger partial charge is 0.0547 e. The largest absolute Gasteiger partial charge is 0.309 e. The molecule has 1 heterocycles. The Bertz CT molecular complexity index is 2590. The van der Waals surface area contributed by atoms with Gasteiger partial charge in [-0.3, -0.25) is 0 Å². The van der Waals surface area contributed by atoms with Crippen LogP contribution < -0.4 is 0 Å². The van der Waals surface area contributed by atoms with Crippen LogP contribution in [-0.4, -0.2) is 4.57 Å². The molecular formula is C42H25N. The van der Waals surface area contributed by atoms with Crippen LogP contribution in [0.4, 0.5) is 0 Å². The summed E-state index contributed by atoms with van der Waals surface area (Å²) in [6.45, 7) is 0. The highest BCUT2D eigenvalue weighted by Gasteiger charge is 2.22. The fourth-order valence-corrected chi connectivity index (χ4v) is 7.53. The van der Waals surface area contributed by atoms with Gasteiger partial charge in [0.1, 0.15) is 0 Å². The second-order valence-corrected chi connectivity index (χ2v) is 11.7. The van der Waals surface area contributed by atoms with Crippen LogP contribution in [0.1, 0.15) is 0 Å². The predicted molar refractivity (Wildman–Crippen MR) is 183 cm³/mol. The number of benzene rings is 8. The van der Waals surface area contributed by atoms with Crippen molar-refractivity contribution < 1.29 is 0 Å². The summed E-state index contributed by atoms with van der Waals surface area (Å²) >= 11 is 0. The van der Waals surface area contributed by atoms with E-state index in [0.29, 0.717) is 0 Å². The van der Waals surface area contributed by atoms with Crippen LogP contribution in [0.3, 0.4) is 0 Å². The van der Waals surface area contributed by atoms with Crippen LogP contribution in [0.25, 0.3) is 93.2 Å². The van der Waals surface area contributed by atoms with E-state index in [9.17, 15) is 0 Å². The highest BCUT2D eigenvalue weighted by molar-refractivity contribution is 6.19. The molecule has 1 heteroatoms. The highest BCUT2D eigenvalue weighted by atomic mass is 15.0. The van der Waals surface area contributed by atoms with Gasteiger partial charge in [0.25, 0.3) is 0 Å². The predicted octanol–water partition coefficient (Wildman–Crippen LogP) is 11.6. The van der Waals surface area contributed by atoms with Crippen LogP contribution in [0.15, 0.2) is 152 Å². The Balaban J connectivity index is 1.15. The first-order valence-electron chi connectivity index (χ1n) is 14.9. The molecule has 0 radical (unpaired) electrons. The van der Waals surface area contributed by atoms with Crippen LogP contribution in [0.2, 0.25) is 0 Å². The minimum atomic E-state index is 1.19. The molecule has 0 spiro atoms. The van der Waals surface area contributed by atoms with Gasteiger partial charge in [0, 0.05) is 16.5 Å². The number of hydrogen-bond acceptors (Lipinski definition) is 0. The van der Waals surface area contributed by atoms with E-state index in [2.05, 4.69) is 156 Å². The van der Waals surface area contributed by atoms with Crippen molar-refractivity contribution in [2.24, 2.45) is 0 Å². The number of rotatable bonds is 2. The Kier molecular flexibility index (Phi) is 4.51. The van der Waals surface area contributed by atoms with E-state index < -0.39 is 0 Å². The van der Waals surface area contributed by atoms with Gasteiger partial charge in [0.05, 0.1) is 11.0 Å². The number of fused-ring (bicyclic) bond motifs is 8. The Morgan fingerprint density at radius 3 is 1.84 bits per heavy atom. The first kappa shape index (κ1) is 23.0. The summed E-state index contributed by atoms with van der Waals surface area (Å²) in [5, 5.41) is 10.3. The number of aromatic nitrogens is 1. The summed E-state index contributed by atoms with van der Waals surface area (Å²) in [4.78, 5) is 0. The lowest BCUT2D eigenvalue weighted by atomic mass is 9.93. The highest BCUT2D eigenvalue weighted by Crippen LogP contribution is 2.49. The van der Waals surface area contributed by atoms with E-state index >= 15 is 0 Å². The minimum absolute atomic E-state index is 1.19. The molecule has 0 bridgehead atoms. The monoisotopic (exact) mass is 543 g/mol. The fraction of sp³-hybridized carbons (Fsp3) is 0. The lowest BCUT2D eigenvalue weighted by Crippen LogP contribution is -1.94. The van der Waals surface area contributed by atoms with Gasteiger partial charge in [-0.25, -0.2) is 0 Å². The molecule has 10 rings (SSSR count). The van der Waals surface area contributed by atoms with E-state index in [-0.39, 0.29) is 0 Å². The zero-order chi connectivity index (χ0) is 28.1. The molecule has 1 aliphatic carbocycles. The number of para-hydroxylation sites is 1. The molecule has 0 amide bonds. The van der Waals surface area contributed by atoms with Gasteiger partial charge in [0.2, 0.25) is 0 Å². The minimum Gasteiger partial charge on any atom is -0.309 e. The maximum atomic E-state index is 2.42. The third-order valence-electron chi connectivity index (χ3n) is 9.48. The maximum absolute atomic E-state index is 2.42. The van der Waals surface area contributed by atoms with Crippen molar-refractivity contribution in [3.05, 3.63) is 152 Å². The third-order valence-corrected chi connectivity index (χ3v) is 9.48. The van der Waals surface area contributed by atoms with Gasteiger partial charge in [-0.2, -0.15) is 0 Å². The summed E-state index contributed by atoms with van der Waals surface area (Å²) < 4.78 is 2.42. The van der Waals surface area contributed by atoms with Gasteiger partial charge < -0.3 is 4.57 Å². The van der Waals surface area contributed by atoms with Crippen molar-refractivity contribution in [3.63, 3.8) is 0 Å². The Morgan fingerprint density at radius 2 is 0.953 bits per heavy atom. The summed E-state index contributed by atoms with van der Waals surface area (Å²) in [5.41, 5.74) is 11.6. The quantitative estimate of drug-likeness (QED) is 0.204. The van der Waals surface area contributed by atoms with Crippen molar-refractivity contribution >= 4 is 54.1 Å². The zero-order valence-corrected chi connectivity index (χ0v) is 23.4. The Morgan fingerprint density at radius 1 is 0.326 bits per heavy atom. The van der Waals surface area contributed by atoms with Crippen molar-refractivity contribution in [1.29, 1.82) is 0 Å². The van der Waals surface area contributed by atoms with E-state index in [0.717, 1.165) is 0 Å². The first-order valence-corrected chi connectivity index (χ1v) is 14.9. The SMILES string of the molecule is c1ccc2c(c1)-c1cccc3c(-c4ccc5cc(-n6c7ccccc7c7cc8ccccc8cc76)ccc5c4)ccc-2c13. The average Bonchev–Trinajstić information content (AvgIpc) is 3.57. The zero-order valence-electron chi connectivity index (χ0n) is 23.4. The fourth-order valence-electron chi connectivity index (χ4n) is 7.53. The van der Waals surface area contributed by atoms with E-state index in [1.54, 1.807) is 0 Å². The van der Waals surface area contributed by atoms with Crippen LogP contribution in [0, 0.1) is 0 Å². The Hall–Kier alpha value is -5.66. The molecule has 8 aromatic carbocycles. The maximum Gasteiger partial charge on any atom is 0.0547 e. The molecule has 0 fully saturated rings. The van der Waals surface area contributed by atoms with Crippen molar-refractivity contribution in [3.8, 4) is 39.1 Å². The average molecular weight is 544 g/mol. The molecule has 9 aromatic rings. The second kappa shape index (κ2) is 8.44. The lowest BCUT2D eigenvalue weighted by Gasteiger charge is -2.12. The van der Waals surface area contributed by atoms with Crippen molar-refractivity contribution in [2.75, 3.05) is 0 Å². The molecule has 1 aliphatic rings. The van der Waals surface area contributed by atoms with E-state index in [1.807, 2.05) is 0 Å². The topological polar surface area (TPSA) is 4.93 Å². The number of nitrogens with zero attached hydrogens (tertiary/aromatic N) is 1. The Labute approximate surface area is 248 Å². The molecule has 1 nitrogen and oxygen atoms in total. The van der Waals surface area contributed by atoms with Crippen LogP contribution in [0.5, 0.6) is 0 Å². The van der Waals surface area contributed by atoms with Gasteiger partial charge in [0.15, 0.2) is 0 Å². The van der Waals surface area contributed by atoms with Gasteiger partial charge >= 0.3 is 0 Å². The summed E-state index contributed by atoms with van der Waals surface area (Å²) in [5.74, 6) is 0. The summed E-state index contributed by atoms with van der Waals surface area (Å²) in [7, 11) is 0. The standard InChI is InChI=1S/C42H25N/c1-2-9-27-25-41-39(24-26(27)8-1)35-12-5-6-15-40(35)43(41)31-19-18-28-22-30(17-16-29(28)23-31)32-20-21-38-34-11-4-3-10-33(34)37-14-7-13-36(32)42(37)38/h1-25H. The first-order chi connectivity index (χ1) is 21.3.